The largest absolute Gasteiger partial charge is 0.326 e. The van der Waals surface area contributed by atoms with Crippen molar-refractivity contribution < 1.29 is 9.59 Å². The zero-order valence-electron chi connectivity index (χ0n) is 13.2. The molecule has 0 aliphatic rings. The molecule has 120 valence electrons. The van der Waals surface area contributed by atoms with Crippen LogP contribution in [0, 0.1) is 6.92 Å². The van der Waals surface area contributed by atoms with E-state index in [1.165, 1.54) is 6.92 Å². The first kappa shape index (κ1) is 17.2. The second-order valence-electron chi connectivity index (χ2n) is 5.29. The SMILES string of the molecule is CC(=O)N(CCC(=O)Nc1cccc(C)c1)c1ccccc1Br. The molecule has 0 aliphatic heterocycles. The molecule has 0 aromatic heterocycles. The number of carbonyl (C=O) groups is 2. The van der Waals surface area contributed by atoms with Crippen LogP contribution >= 0.6 is 15.9 Å². The Labute approximate surface area is 144 Å². The monoisotopic (exact) mass is 374 g/mol. The van der Waals surface area contributed by atoms with Gasteiger partial charge in [-0.3, -0.25) is 9.59 Å². The molecule has 2 rings (SSSR count). The van der Waals surface area contributed by atoms with Crippen LogP contribution in [0.4, 0.5) is 11.4 Å². The number of aryl methyl sites for hydroxylation is 1. The maximum atomic E-state index is 12.1. The first-order valence-electron chi connectivity index (χ1n) is 7.36. The zero-order valence-corrected chi connectivity index (χ0v) is 14.8. The van der Waals surface area contributed by atoms with Crippen molar-refractivity contribution in [3.05, 3.63) is 58.6 Å². The standard InChI is InChI=1S/C18H19BrN2O2/c1-13-6-5-7-15(12-13)20-18(23)10-11-21(14(2)22)17-9-4-3-8-16(17)19/h3-9,12H,10-11H2,1-2H3,(H,20,23). The van der Waals surface area contributed by atoms with Gasteiger partial charge in [0.05, 0.1) is 5.69 Å². The Balaban J connectivity index is 2.00. The van der Waals surface area contributed by atoms with E-state index < -0.39 is 0 Å². The van der Waals surface area contributed by atoms with Gasteiger partial charge < -0.3 is 10.2 Å². The maximum Gasteiger partial charge on any atom is 0.226 e. The van der Waals surface area contributed by atoms with Gasteiger partial charge in [0.2, 0.25) is 11.8 Å². The molecule has 0 heterocycles. The molecule has 1 N–H and O–H groups in total. The number of amides is 2. The van der Waals surface area contributed by atoms with Gasteiger partial charge in [-0.25, -0.2) is 0 Å². The van der Waals surface area contributed by atoms with Crippen LogP contribution in [0.25, 0.3) is 0 Å². The van der Waals surface area contributed by atoms with Crippen LogP contribution < -0.4 is 10.2 Å². The molecule has 5 heteroatoms. The van der Waals surface area contributed by atoms with Crippen molar-refractivity contribution in [1.82, 2.24) is 0 Å². The van der Waals surface area contributed by atoms with Gasteiger partial charge in [-0.2, -0.15) is 0 Å². The molecule has 0 unspecified atom stereocenters. The van der Waals surface area contributed by atoms with Crippen molar-refractivity contribution in [2.75, 3.05) is 16.8 Å². The van der Waals surface area contributed by atoms with Gasteiger partial charge in [-0.15, -0.1) is 0 Å². The lowest BCUT2D eigenvalue weighted by molar-refractivity contribution is -0.117. The number of nitrogens with one attached hydrogen (secondary N) is 1. The molecular weight excluding hydrogens is 356 g/mol. The van der Waals surface area contributed by atoms with E-state index in [1.807, 2.05) is 55.5 Å². The van der Waals surface area contributed by atoms with E-state index >= 15 is 0 Å². The molecule has 23 heavy (non-hydrogen) atoms. The minimum absolute atomic E-state index is 0.0970. The number of hydrogen-bond acceptors (Lipinski definition) is 2. The Morgan fingerprint density at radius 3 is 2.52 bits per heavy atom. The molecule has 0 saturated carbocycles. The third-order valence-corrected chi connectivity index (χ3v) is 4.06. The average molecular weight is 375 g/mol. The topological polar surface area (TPSA) is 49.4 Å². The van der Waals surface area contributed by atoms with E-state index in [2.05, 4.69) is 21.2 Å². The number of anilines is 2. The molecule has 4 nitrogen and oxygen atoms in total. The van der Waals surface area contributed by atoms with Crippen LogP contribution in [0.2, 0.25) is 0 Å². The fourth-order valence-corrected chi connectivity index (χ4v) is 2.78. The lowest BCUT2D eigenvalue weighted by atomic mass is 10.2. The number of benzene rings is 2. The number of nitrogens with zero attached hydrogens (tertiary/aromatic N) is 1. The Morgan fingerprint density at radius 2 is 1.87 bits per heavy atom. The Morgan fingerprint density at radius 1 is 1.13 bits per heavy atom. The number of hydrogen-bond donors (Lipinski definition) is 1. The highest BCUT2D eigenvalue weighted by molar-refractivity contribution is 9.10. The van der Waals surface area contributed by atoms with Crippen molar-refractivity contribution >= 4 is 39.1 Å². The van der Waals surface area contributed by atoms with Crippen LogP contribution in [-0.4, -0.2) is 18.4 Å². The molecule has 0 atom stereocenters. The van der Waals surface area contributed by atoms with Crippen LogP contribution in [0.5, 0.6) is 0 Å². The number of para-hydroxylation sites is 1. The summed E-state index contributed by atoms with van der Waals surface area (Å²) in [5.74, 6) is -0.214. The minimum Gasteiger partial charge on any atom is -0.326 e. The second-order valence-corrected chi connectivity index (χ2v) is 6.14. The first-order valence-corrected chi connectivity index (χ1v) is 8.16. The summed E-state index contributed by atoms with van der Waals surface area (Å²) in [5, 5.41) is 2.85. The predicted octanol–water partition coefficient (Wildman–Crippen LogP) is 4.14. The van der Waals surface area contributed by atoms with E-state index in [-0.39, 0.29) is 18.2 Å². The van der Waals surface area contributed by atoms with Crippen LogP contribution in [0.1, 0.15) is 18.9 Å². The highest BCUT2D eigenvalue weighted by Gasteiger charge is 2.15. The fraction of sp³-hybridized carbons (Fsp3) is 0.222. The van der Waals surface area contributed by atoms with Gasteiger partial charge in [-0.05, 0) is 52.7 Å². The smallest absolute Gasteiger partial charge is 0.226 e. The summed E-state index contributed by atoms with van der Waals surface area (Å²) in [7, 11) is 0. The predicted molar refractivity (Wildman–Crippen MR) is 96.6 cm³/mol. The van der Waals surface area contributed by atoms with E-state index in [4.69, 9.17) is 0 Å². The number of halogens is 1. The molecule has 0 fully saturated rings. The molecule has 0 radical (unpaired) electrons. The molecule has 2 amide bonds. The lowest BCUT2D eigenvalue weighted by Crippen LogP contribution is -2.32. The summed E-state index contributed by atoms with van der Waals surface area (Å²) in [6.45, 7) is 3.80. The molecule has 0 bridgehead atoms. The van der Waals surface area contributed by atoms with E-state index in [0.29, 0.717) is 6.54 Å². The zero-order chi connectivity index (χ0) is 16.8. The van der Waals surface area contributed by atoms with Crippen molar-refractivity contribution in [3.8, 4) is 0 Å². The summed E-state index contributed by atoms with van der Waals surface area (Å²) in [4.78, 5) is 25.6. The number of carbonyl (C=O) groups excluding carboxylic acids is 2. The van der Waals surface area contributed by atoms with Gasteiger partial charge in [-0.1, -0.05) is 24.3 Å². The van der Waals surface area contributed by atoms with Crippen molar-refractivity contribution in [1.29, 1.82) is 0 Å². The highest BCUT2D eigenvalue weighted by atomic mass is 79.9. The van der Waals surface area contributed by atoms with Gasteiger partial charge in [0.25, 0.3) is 0 Å². The second kappa shape index (κ2) is 7.92. The third-order valence-electron chi connectivity index (χ3n) is 3.39. The summed E-state index contributed by atoms with van der Waals surface area (Å²) >= 11 is 3.44. The van der Waals surface area contributed by atoms with Crippen molar-refractivity contribution in [3.63, 3.8) is 0 Å². The van der Waals surface area contributed by atoms with E-state index in [1.54, 1.807) is 4.90 Å². The van der Waals surface area contributed by atoms with Crippen LogP contribution in [0.15, 0.2) is 53.0 Å². The maximum absolute atomic E-state index is 12.1. The molecule has 2 aromatic carbocycles. The highest BCUT2D eigenvalue weighted by Crippen LogP contribution is 2.26. The molecule has 2 aromatic rings. The average Bonchev–Trinajstić information content (AvgIpc) is 2.49. The van der Waals surface area contributed by atoms with Gasteiger partial charge in [0.15, 0.2) is 0 Å². The molecular formula is C18H19BrN2O2. The summed E-state index contributed by atoms with van der Waals surface area (Å²) in [6, 6.07) is 15.1. The minimum atomic E-state index is -0.117. The Bertz CT molecular complexity index is 716. The quantitative estimate of drug-likeness (QED) is 0.854. The van der Waals surface area contributed by atoms with Crippen molar-refractivity contribution in [2.24, 2.45) is 0 Å². The van der Waals surface area contributed by atoms with Crippen molar-refractivity contribution in [2.45, 2.75) is 20.3 Å². The normalized spacial score (nSPS) is 10.2. The Hall–Kier alpha value is -2.14. The lowest BCUT2D eigenvalue weighted by Gasteiger charge is -2.22. The molecule has 0 spiro atoms. The summed E-state index contributed by atoms with van der Waals surface area (Å²) < 4.78 is 0.828. The first-order chi connectivity index (χ1) is 11.0. The van der Waals surface area contributed by atoms with Crippen LogP contribution in [0.3, 0.4) is 0 Å². The molecule has 0 saturated heterocycles. The molecule has 0 aliphatic carbocycles. The number of rotatable bonds is 5. The van der Waals surface area contributed by atoms with Crippen LogP contribution in [-0.2, 0) is 9.59 Å². The fourth-order valence-electron chi connectivity index (χ4n) is 2.28. The van der Waals surface area contributed by atoms with Gasteiger partial charge in [0.1, 0.15) is 0 Å². The third kappa shape index (κ3) is 4.93. The summed E-state index contributed by atoms with van der Waals surface area (Å²) in [5.41, 5.74) is 2.62. The van der Waals surface area contributed by atoms with E-state index in [9.17, 15) is 9.59 Å². The van der Waals surface area contributed by atoms with Gasteiger partial charge >= 0.3 is 0 Å². The van der Waals surface area contributed by atoms with E-state index in [0.717, 1.165) is 21.4 Å². The van der Waals surface area contributed by atoms with Gasteiger partial charge in [0, 0.05) is 30.0 Å². The Kier molecular flexibility index (Phi) is 5.93. The summed E-state index contributed by atoms with van der Waals surface area (Å²) in [6.07, 6.45) is 0.231.